The average molecular weight is 189 g/mol. The second kappa shape index (κ2) is 6.78. The van der Waals surface area contributed by atoms with Crippen molar-refractivity contribution < 1.29 is 67.7 Å². The smallest absolute Gasteiger partial charge is 1.00 e. The molecule has 0 aromatic heterocycles. The molecule has 0 heterocycles. The molecule has 0 saturated carbocycles. The van der Waals surface area contributed by atoms with E-state index in [1.807, 2.05) is 0 Å². The molecule has 8 heavy (non-hydrogen) atoms. The molecule has 0 aliphatic rings. The summed E-state index contributed by atoms with van der Waals surface area (Å²) in [6.45, 7) is 0. The normalized spacial score (nSPS) is 14.9. The number of halogens is 1. The monoisotopic (exact) mass is 189 g/mol. The molecule has 1 atom stereocenters. The van der Waals surface area contributed by atoms with E-state index in [4.69, 9.17) is 4.89 Å². The van der Waals surface area contributed by atoms with Crippen molar-refractivity contribution in [3.05, 3.63) is 0 Å². The van der Waals surface area contributed by atoms with E-state index < -0.39 is 7.91 Å². The summed E-state index contributed by atoms with van der Waals surface area (Å²) in [5.41, 5.74) is 0. The molecule has 0 aliphatic heterocycles. The largest absolute Gasteiger partial charge is 1.00 e. The minimum Gasteiger partial charge on any atom is -1.00 e. The van der Waals surface area contributed by atoms with E-state index in [0.717, 1.165) is 7.11 Å². The molecule has 0 fully saturated rings. The van der Waals surface area contributed by atoms with Crippen LogP contribution in [0.4, 0.5) is 4.20 Å². The first kappa shape index (κ1) is 16.3. The Morgan fingerprint density at radius 1 is 1.88 bits per heavy atom. The molecule has 7 heteroatoms. The van der Waals surface area contributed by atoms with Gasteiger partial charge in [0, 0.05) is 25.7 Å². The van der Waals surface area contributed by atoms with Gasteiger partial charge in [-0.3, -0.25) is 9.42 Å². The van der Waals surface area contributed by atoms with Crippen LogP contribution in [0, 0.1) is 0 Å². The Labute approximate surface area is 82.3 Å². The van der Waals surface area contributed by atoms with Crippen molar-refractivity contribution in [2.24, 2.45) is 0 Å². The predicted molar refractivity (Wildman–Crippen MR) is 19.1 cm³/mol. The first-order valence-electron chi connectivity index (χ1n) is 1.14. The maximum Gasteiger partial charge on any atom is 1.00 e. The molecule has 0 aromatic rings. The Morgan fingerprint density at radius 2 is 2.00 bits per heavy atom. The van der Waals surface area contributed by atoms with E-state index in [2.05, 4.69) is 4.52 Å². The van der Waals surface area contributed by atoms with Gasteiger partial charge < -0.3 is 1.43 Å². The standard InChI is InChI=1S/CH4FO3P.Na.V.H/c1-5-6(2,3)4;;;/h1H3,(H,3,4);;;/q;+1;;-1. The third kappa shape index (κ3) is 15.6. The van der Waals surface area contributed by atoms with Crippen LogP contribution in [-0.4, -0.2) is 12.0 Å². The van der Waals surface area contributed by atoms with E-state index in [0.29, 0.717) is 0 Å². The van der Waals surface area contributed by atoms with Gasteiger partial charge in [0.1, 0.15) is 0 Å². The summed E-state index contributed by atoms with van der Waals surface area (Å²) in [6.07, 6.45) is 0. The first-order chi connectivity index (χ1) is 2.56. The van der Waals surface area contributed by atoms with Crippen LogP contribution in [0.5, 0.6) is 0 Å². The second-order valence-electron chi connectivity index (χ2n) is 0.634. The fraction of sp³-hybridized carbons (Fsp3) is 1.00. The zero-order chi connectivity index (χ0) is 5.21. The van der Waals surface area contributed by atoms with Crippen LogP contribution in [0.2, 0.25) is 0 Å². The molecule has 0 bridgehead atoms. The van der Waals surface area contributed by atoms with Gasteiger partial charge in [0.05, 0.1) is 0 Å². The van der Waals surface area contributed by atoms with E-state index >= 15 is 0 Å². The van der Waals surface area contributed by atoms with E-state index in [-0.39, 0.29) is 49.5 Å². The summed E-state index contributed by atoms with van der Waals surface area (Å²) >= 11 is 0. The van der Waals surface area contributed by atoms with Gasteiger partial charge in [-0.15, -0.1) is 4.20 Å². The zero-order valence-corrected chi connectivity index (χ0v) is 8.83. The third-order valence-electron chi connectivity index (χ3n) is 0.225. The fourth-order valence-corrected chi connectivity index (χ4v) is 0. The van der Waals surface area contributed by atoms with Crippen LogP contribution >= 0.6 is 7.91 Å². The molecular weight excluding hydrogens is 184 g/mol. The van der Waals surface area contributed by atoms with Crippen LogP contribution < -0.4 is 29.6 Å². The van der Waals surface area contributed by atoms with Gasteiger partial charge >= 0.3 is 37.5 Å². The van der Waals surface area contributed by atoms with Gasteiger partial charge in [-0.1, -0.05) is 0 Å². The molecule has 1 N–H and O–H groups in total. The molecule has 0 aliphatic carbocycles. The number of hydrogen-bond donors (Lipinski definition) is 1. The molecule has 0 spiro atoms. The van der Waals surface area contributed by atoms with Gasteiger partial charge in [0.15, 0.2) is 0 Å². The Morgan fingerprint density at radius 3 is 2.00 bits per heavy atom. The van der Waals surface area contributed by atoms with Gasteiger partial charge in [-0.05, 0) is 0 Å². The van der Waals surface area contributed by atoms with Gasteiger partial charge in [-0.25, -0.2) is 4.57 Å². The summed E-state index contributed by atoms with van der Waals surface area (Å²) < 4.78 is 23.6. The third-order valence-corrected chi connectivity index (χ3v) is 0.676. The Balaban J connectivity index is -0.0000000417. The van der Waals surface area contributed by atoms with Crippen LogP contribution in [-0.2, 0) is 27.6 Å². The minimum absolute atomic E-state index is 0. The van der Waals surface area contributed by atoms with Gasteiger partial charge in [-0.2, -0.15) is 0 Å². The maximum absolute atomic E-state index is 11.0. The molecule has 45 valence electrons. The van der Waals surface area contributed by atoms with Crippen LogP contribution in [0.1, 0.15) is 1.43 Å². The summed E-state index contributed by atoms with van der Waals surface area (Å²) in [7, 11) is -3.83. The van der Waals surface area contributed by atoms with Crippen molar-refractivity contribution in [2.75, 3.05) is 7.11 Å². The van der Waals surface area contributed by atoms with Crippen molar-refractivity contribution in [1.29, 1.82) is 0 Å². The van der Waals surface area contributed by atoms with Crippen LogP contribution in [0.25, 0.3) is 0 Å². The van der Waals surface area contributed by atoms with Crippen LogP contribution in [0.15, 0.2) is 0 Å². The molecule has 0 amide bonds. The number of rotatable bonds is 1. The summed E-state index contributed by atoms with van der Waals surface area (Å²) in [5, 5.41) is 0. The van der Waals surface area contributed by atoms with Gasteiger partial charge in [0.25, 0.3) is 0 Å². The second-order valence-corrected chi connectivity index (χ2v) is 1.90. The SMILES string of the molecule is COP(=O)(O)F.[H-].[Na+].[V]. The van der Waals surface area contributed by atoms with Crippen LogP contribution in [0.3, 0.4) is 0 Å². The van der Waals surface area contributed by atoms with E-state index in [1.54, 1.807) is 0 Å². The summed E-state index contributed by atoms with van der Waals surface area (Å²) in [4.78, 5) is 7.49. The minimum atomic E-state index is -4.65. The zero-order valence-electron chi connectivity index (χ0n) is 5.54. The molecule has 0 rings (SSSR count). The van der Waals surface area contributed by atoms with Crippen molar-refractivity contribution >= 4 is 7.91 Å². The summed E-state index contributed by atoms with van der Waals surface area (Å²) in [5.74, 6) is 0. The maximum atomic E-state index is 11.0. The first-order valence-corrected chi connectivity index (χ1v) is 2.61. The molecule has 1 unspecified atom stereocenters. The quantitative estimate of drug-likeness (QED) is 0.376. The molecule has 1 radical (unpaired) electrons. The van der Waals surface area contributed by atoms with Crippen molar-refractivity contribution in [1.82, 2.24) is 0 Å². The van der Waals surface area contributed by atoms with Crippen molar-refractivity contribution in [3.8, 4) is 0 Å². The van der Waals surface area contributed by atoms with Gasteiger partial charge in [0.2, 0.25) is 0 Å². The summed E-state index contributed by atoms with van der Waals surface area (Å²) in [6, 6.07) is 0. The van der Waals surface area contributed by atoms with Crippen molar-refractivity contribution in [2.45, 2.75) is 0 Å². The predicted octanol–water partition coefficient (Wildman–Crippen LogP) is -2.18. The molecular formula is CH5FNaO3PV. The topological polar surface area (TPSA) is 46.5 Å². The molecule has 0 saturated heterocycles. The van der Waals surface area contributed by atoms with Crippen molar-refractivity contribution in [3.63, 3.8) is 0 Å². The van der Waals surface area contributed by atoms with E-state index in [1.165, 1.54) is 0 Å². The fourth-order valence-electron chi connectivity index (χ4n) is 0. The Hall–Kier alpha value is 1.66. The molecule has 0 aromatic carbocycles. The van der Waals surface area contributed by atoms with E-state index in [9.17, 15) is 8.76 Å². The number of hydrogen-bond acceptors (Lipinski definition) is 2. The Kier molecular flexibility index (Phi) is 13.8. The average Bonchev–Trinajstić information content (AvgIpc) is 1.35. The molecule has 3 nitrogen and oxygen atoms in total. The Bertz CT molecular complexity index is 87.9.